The molecule has 156 valence electrons. The number of amides is 2. The van der Waals surface area contributed by atoms with E-state index < -0.39 is 6.04 Å². The van der Waals surface area contributed by atoms with Crippen LogP contribution in [-0.4, -0.2) is 35.4 Å². The van der Waals surface area contributed by atoms with Crippen LogP contribution >= 0.6 is 11.6 Å². The molecule has 5 nitrogen and oxygen atoms in total. The summed E-state index contributed by atoms with van der Waals surface area (Å²) in [6.45, 7) is 7.88. The third-order valence-electron chi connectivity index (χ3n) is 4.45. The van der Waals surface area contributed by atoms with Crippen LogP contribution in [0.3, 0.4) is 0 Å². The molecule has 2 aromatic carbocycles. The molecular formula is C23H29ClN2O3. The van der Waals surface area contributed by atoms with Crippen LogP contribution in [0.1, 0.15) is 38.3 Å². The summed E-state index contributed by atoms with van der Waals surface area (Å²) in [6.07, 6.45) is 0.507. The minimum atomic E-state index is -0.575. The molecule has 0 aliphatic heterocycles. The zero-order chi connectivity index (χ0) is 21.4. The van der Waals surface area contributed by atoms with E-state index in [1.165, 1.54) is 0 Å². The van der Waals surface area contributed by atoms with Crippen LogP contribution in [-0.2, 0) is 16.1 Å². The topological polar surface area (TPSA) is 58.6 Å². The van der Waals surface area contributed by atoms with E-state index in [9.17, 15) is 9.59 Å². The van der Waals surface area contributed by atoms with Crippen molar-refractivity contribution in [2.75, 3.05) is 6.61 Å². The standard InChI is InChI=1S/C23H29ClN2O3/c1-5-21(23(28)25-16(2)3)26(14-18-11-9-17(4)10-12-18)22(27)15-29-20-8-6-7-19(24)13-20/h6-13,16,21H,5,14-15H2,1-4H3,(H,25,28). The molecule has 0 saturated carbocycles. The van der Waals surface area contributed by atoms with Crippen molar-refractivity contribution in [3.63, 3.8) is 0 Å². The van der Waals surface area contributed by atoms with E-state index in [0.29, 0.717) is 23.7 Å². The van der Waals surface area contributed by atoms with Gasteiger partial charge in [0.05, 0.1) is 0 Å². The average Bonchev–Trinajstić information content (AvgIpc) is 2.67. The Bertz CT molecular complexity index is 821. The van der Waals surface area contributed by atoms with Crippen LogP contribution in [0, 0.1) is 6.92 Å². The maximum absolute atomic E-state index is 13.1. The summed E-state index contributed by atoms with van der Waals surface area (Å²) >= 11 is 5.98. The summed E-state index contributed by atoms with van der Waals surface area (Å²) in [5.41, 5.74) is 2.10. The Labute approximate surface area is 178 Å². The smallest absolute Gasteiger partial charge is 0.261 e. The lowest BCUT2D eigenvalue weighted by Gasteiger charge is -2.31. The van der Waals surface area contributed by atoms with Gasteiger partial charge in [-0.3, -0.25) is 9.59 Å². The van der Waals surface area contributed by atoms with Crippen LogP contribution in [0.2, 0.25) is 5.02 Å². The number of hydrogen-bond donors (Lipinski definition) is 1. The Morgan fingerprint density at radius 3 is 2.41 bits per heavy atom. The molecule has 1 N–H and O–H groups in total. The Balaban J connectivity index is 2.20. The molecule has 0 heterocycles. The first-order chi connectivity index (χ1) is 13.8. The van der Waals surface area contributed by atoms with Gasteiger partial charge in [-0.15, -0.1) is 0 Å². The van der Waals surface area contributed by atoms with E-state index in [4.69, 9.17) is 16.3 Å². The quantitative estimate of drug-likeness (QED) is 0.660. The Kier molecular flexibility index (Phi) is 8.52. The summed E-state index contributed by atoms with van der Waals surface area (Å²) in [6, 6.07) is 14.3. The second-order valence-corrected chi connectivity index (χ2v) is 7.78. The number of carbonyl (C=O) groups excluding carboxylic acids is 2. The van der Waals surface area contributed by atoms with Crippen molar-refractivity contribution in [1.82, 2.24) is 10.2 Å². The lowest BCUT2D eigenvalue weighted by molar-refractivity contribution is -0.143. The van der Waals surface area contributed by atoms with E-state index in [2.05, 4.69) is 5.32 Å². The number of aryl methyl sites for hydroxylation is 1. The molecule has 1 unspecified atom stereocenters. The first kappa shape index (κ1) is 22.8. The van der Waals surface area contributed by atoms with Crippen molar-refractivity contribution in [3.05, 3.63) is 64.7 Å². The lowest BCUT2D eigenvalue weighted by atomic mass is 10.1. The zero-order valence-electron chi connectivity index (χ0n) is 17.4. The highest BCUT2D eigenvalue weighted by Crippen LogP contribution is 2.18. The Morgan fingerprint density at radius 1 is 1.14 bits per heavy atom. The predicted octanol–water partition coefficient (Wildman–Crippen LogP) is 4.36. The van der Waals surface area contributed by atoms with Gasteiger partial charge in [0.15, 0.2) is 6.61 Å². The lowest BCUT2D eigenvalue weighted by Crippen LogP contribution is -2.51. The van der Waals surface area contributed by atoms with Gasteiger partial charge in [-0.05, 0) is 51.0 Å². The van der Waals surface area contributed by atoms with Crippen LogP contribution in [0.25, 0.3) is 0 Å². The van der Waals surface area contributed by atoms with Gasteiger partial charge in [-0.1, -0.05) is 54.4 Å². The van der Waals surface area contributed by atoms with E-state index in [1.807, 2.05) is 52.0 Å². The number of halogens is 1. The van der Waals surface area contributed by atoms with Crippen LogP contribution in [0.4, 0.5) is 0 Å². The minimum Gasteiger partial charge on any atom is -0.484 e. The molecule has 0 aliphatic rings. The summed E-state index contributed by atoms with van der Waals surface area (Å²) in [5, 5.41) is 3.45. The van der Waals surface area contributed by atoms with E-state index in [-0.39, 0.29) is 24.5 Å². The fourth-order valence-electron chi connectivity index (χ4n) is 2.98. The fourth-order valence-corrected chi connectivity index (χ4v) is 3.16. The number of benzene rings is 2. The van der Waals surface area contributed by atoms with Gasteiger partial charge >= 0.3 is 0 Å². The largest absolute Gasteiger partial charge is 0.484 e. The molecular weight excluding hydrogens is 388 g/mol. The number of rotatable bonds is 9. The summed E-state index contributed by atoms with van der Waals surface area (Å²) < 4.78 is 5.63. The summed E-state index contributed by atoms with van der Waals surface area (Å²) in [5.74, 6) is 0.0999. The maximum Gasteiger partial charge on any atom is 0.261 e. The molecule has 0 saturated heterocycles. The fraction of sp³-hybridized carbons (Fsp3) is 0.391. The number of nitrogens with one attached hydrogen (secondary N) is 1. The van der Waals surface area contributed by atoms with Crippen LogP contribution in [0.5, 0.6) is 5.75 Å². The third-order valence-corrected chi connectivity index (χ3v) is 4.68. The summed E-state index contributed by atoms with van der Waals surface area (Å²) in [7, 11) is 0. The molecule has 0 radical (unpaired) electrons. The van der Waals surface area contributed by atoms with Crippen LogP contribution < -0.4 is 10.1 Å². The van der Waals surface area contributed by atoms with Crippen molar-refractivity contribution in [3.8, 4) is 5.75 Å². The second kappa shape index (κ2) is 10.9. The number of nitrogens with zero attached hydrogens (tertiary/aromatic N) is 1. The van der Waals surface area contributed by atoms with E-state index in [0.717, 1.165) is 11.1 Å². The number of carbonyl (C=O) groups is 2. The van der Waals surface area contributed by atoms with Gasteiger partial charge in [0.2, 0.25) is 5.91 Å². The van der Waals surface area contributed by atoms with E-state index >= 15 is 0 Å². The molecule has 1 atom stereocenters. The molecule has 0 fully saturated rings. The molecule has 2 amide bonds. The van der Waals surface area contributed by atoms with Crippen molar-refractivity contribution in [1.29, 1.82) is 0 Å². The number of ether oxygens (including phenoxy) is 1. The third kappa shape index (κ3) is 7.09. The zero-order valence-corrected chi connectivity index (χ0v) is 18.2. The molecule has 2 rings (SSSR count). The molecule has 0 spiro atoms. The van der Waals surface area contributed by atoms with Gasteiger partial charge in [-0.2, -0.15) is 0 Å². The first-order valence-corrected chi connectivity index (χ1v) is 10.2. The Hall–Kier alpha value is -2.53. The SMILES string of the molecule is CCC(C(=O)NC(C)C)N(Cc1ccc(C)cc1)C(=O)COc1cccc(Cl)c1. The highest BCUT2D eigenvalue weighted by atomic mass is 35.5. The van der Waals surface area contributed by atoms with Gasteiger partial charge in [0, 0.05) is 17.6 Å². The van der Waals surface area contributed by atoms with Gasteiger partial charge in [0.25, 0.3) is 5.91 Å². The van der Waals surface area contributed by atoms with Crippen molar-refractivity contribution in [2.45, 2.75) is 52.7 Å². The van der Waals surface area contributed by atoms with Crippen molar-refractivity contribution < 1.29 is 14.3 Å². The molecule has 2 aromatic rings. The normalized spacial score (nSPS) is 11.8. The average molecular weight is 417 g/mol. The predicted molar refractivity (Wildman–Crippen MR) is 116 cm³/mol. The Morgan fingerprint density at radius 2 is 1.83 bits per heavy atom. The maximum atomic E-state index is 13.1. The first-order valence-electron chi connectivity index (χ1n) is 9.84. The van der Waals surface area contributed by atoms with Gasteiger partial charge < -0.3 is 15.0 Å². The molecule has 0 bridgehead atoms. The summed E-state index contributed by atoms with van der Waals surface area (Å²) in [4.78, 5) is 27.4. The molecule has 0 aromatic heterocycles. The highest BCUT2D eigenvalue weighted by Gasteiger charge is 2.29. The van der Waals surface area contributed by atoms with Crippen LogP contribution in [0.15, 0.2) is 48.5 Å². The second-order valence-electron chi connectivity index (χ2n) is 7.34. The molecule has 6 heteroatoms. The van der Waals surface area contributed by atoms with Gasteiger partial charge in [0.1, 0.15) is 11.8 Å². The van der Waals surface area contributed by atoms with Crippen molar-refractivity contribution in [2.24, 2.45) is 0 Å². The number of hydrogen-bond acceptors (Lipinski definition) is 3. The van der Waals surface area contributed by atoms with E-state index in [1.54, 1.807) is 29.2 Å². The van der Waals surface area contributed by atoms with Gasteiger partial charge in [-0.25, -0.2) is 0 Å². The minimum absolute atomic E-state index is 0.00409. The molecule has 0 aliphatic carbocycles. The highest BCUT2D eigenvalue weighted by molar-refractivity contribution is 6.30. The molecule has 29 heavy (non-hydrogen) atoms. The van der Waals surface area contributed by atoms with Crippen molar-refractivity contribution >= 4 is 23.4 Å². The monoisotopic (exact) mass is 416 g/mol.